The van der Waals surface area contributed by atoms with E-state index in [1.165, 1.54) is 4.88 Å². The van der Waals surface area contributed by atoms with Crippen LogP contribution in [-0.4, -0.2) is 39.0 Å². The summed E-state index contributed by atoms with van der Waals surface area (Å²) >= 11 is 1.73. The van der Waals surface area contributed by atoms with Crippen molar-refractivity contribution in [3.8, 4) is 27.8 Å². The van der Waals surface area contributed by atoms with Crippen molar-refractivity contribution in [3.63, 3.8) is 0 Å². The van der Waals surface area contributed by atoms with Crippen molar-refractivity contribution in [3.05, 3.63) is 95.9 Å². The third kappa shape index (κ3) is 5.96. The number of carbonyl (C=O) groups excluding carboxylic acids is 1. The molecule has 0 spiro atoms. The highest BCUT2D eigenvalue weighted by Crippen LogP contribution is 2.46. The van der Waals surface area contributed by atoms with Crippen molar-refractivity contribution in [1.82, 2.24) is 19.7 Å². The van der Waals surface area contributed by atoms with Gasteiger partial charge in [0.2, 0.25) is 5.88 Å². The second-order valence-corrected chi connectivity index (χ2v) is 12.3. The second kappa shape index (κ2) is 11.0. The molecule has 0 aliphatic heterocycles. The van der Waals surface area contributed by atoms with Crippen LogP contribution in [0.4, 0.5) is 0 Å². The summed E-state index contributed by atoms with van der Waals surface area (Å²) in [6.07, 6.45) is 8.45. The Bertz CT molecular complexity index is 1670. The van der Waals surface area contributed by atoms with E-state index < -0.39 is 5.91 Å². The lowest BCUT2D eigenvalue weighted by Gasteiger charge is -2.29. The molecular weight excluding hydrogens is 534 g/mol. The highest BCUT2D eigenvalue weighted by molar-refractivity contribution is 7.13. The fraction of sp³-hybridized carbons (Fsp3) is 0.281. The van der Waals surface area contributed by atoms with Crippen LogP contribution in [0, 0.1) is 5.41 Å². The minimum atomic E-state index is -0.595. The summed E-state index contributed by atoms with van der Waals surface area (Å²) in [5.74, 6) is 1.01. The summed E-state index contributed by atoms with van der Waals surface area (Å²) in [6.45, 7) is 5.99. The number of pyridine rings is 2. The summed E-state index contributed by atoms with van der Waals surface area (Å²) in [5.41, 5.74) is 8.52. The molecule has 9 heteroatoms. The molecule has 8 nitrogen and oxygen atoms in total. The number of ether oxygens (including phenoxy) is 2. The number of nitrogens with one attached hydrogen (secondary N) is 1. The molecule has 1 aromatic carbocycles. The van der Waals surface area contributed by atoms with E-state index in [1.807, 2.05) is 35.0 Å². The van der Waals surface area contributed by atoms with Crippen molar-refractivity contribution in [1.29, 1.82) is 0 Å². The summed E-state index contributed by atoms with van der Waals surface area (Å²) in [6, 6.07) is 19.4. The monoisotopic (exact) mass is 567 g/mol. The first kappa shape index (κ1) is 27.0. The first-order valence-electron chi connectivity index (χ1n) is 13.7. The molecule has 0 radical (unpaired) electrons. The van der Waals surface area contributed by atoms with E-state index in [0.717, 1.165) is 42.8 Å². The second-order valence-electron chi connectivity index (χ2n) is 11.3. The Kier molecular flexibility index (Phi) is 7.23. The highest BCUT2D eigenvalue weighted by Gasteiger charge is 2.44. The zero-order valence-corrected chi connectivity index (χ0v) is 24.0. The number of nitrogens with zero attached hydrogens (tertiary/aromatic N) is 3. The molecule has 5 aromatic rings. The van der Waals surface area contributed by atoms with Crippen LogP contribution in [-0.2, 0) is 6.42 Å². The number of benzene rings is 1. The minimum absolute atomic E-state index is 0.140. The summed E-state index contributed by atoms with van der Waals surface area (Å²) in [5, 5.41) is 5.90. The van der Waals surface area contributed by atoms with E-state index in [9.17, 15) is 4.79 Å². The summed E-state index contributed by atoms with van der Waals surface area (Å²) in [7, 11) is 0. The van der Waals surface area contributed by atoms with Gasteiger partial charge in [0.25, 0.3) is 5.91 Å². The topological polar surface area (TPSA) is 104 Å². The number of hydrogen-bond acceptors (Lipinski definition) is 7. The largest absolute Gasteiger partial charge is 0.492 e. The summed E-state index contributed by atoms with van der Waals surface area (Å²) < 4.78 is 14.4. The number of aromatic nitrogens is 3. The maximum absolute atomic E-state index is 11.8. The number of fused-ring (bicyclic) bond motifs is 1. The van der Waals surface area contributed by atoms with Gasteiger partial charge in [-0.2, -0.15) is 0 Å². The first-order valence-corrected chi connectivity index (χ1v) is 14.6. The number of imidazole rings is 1. The van der Waals surface area contributed by atoms with Crippen molar-refractivity contribution < 1.29 is 14.3 Å². The fourth-order valence-electron chi connectivity index (χ4n) is 4.96. The number of para-hydroxylation sites is 1. The van der Waals surface area contributed by atoms with Crippen LogP contribution in [0.3, 0.4) is 0 Å². The number of nitrogens with two attached hydrogens (primary N) is 1. The Morgan fingerprint density at radius 1 is 1.07 bits per heavy atom. The fourth-order valence-corrected chi connectivity index (χ4v) is 5.72. The normalized spacial score (nSPS) is 14.2. The van der Waals surface area contributed by atoms with Crippen molar-refractivity contribution in [2.75, 3.05) is 13.2 Å². The van der Waals surface area contributed by atoms with Gasteiger partial charge in [-0.3, -0.25) is 4.79 Å². The first-order chi connectivity index (χ1) is 19.8. The zero-order chi connectivity index (χ0) is 28.5. The van der Waals surface area contributed by atoms with E-state index in [2.05, 4.69) is 64.8 Å². The lowest BCUT2D eigenvalue weighted by molar-refractivity contribution is 0.0997. The van der Waals surface area contributed by atoms with Gasteiger partial charge in [0.15, 0.2) is 11.4 Å². The van der Waals surface area contributed by atoms with Crippen LogP contribution in [0.1, 0.15) is 42.7 Å². The average molecular weight is 568 g/mol. The Morgan fingerprint density at radius 3 is 2.68 bits per heavy atom. The molecule has 1 saturated carbocycles. The molecule has 0 saturated heterocycles. The van der Waals surface area contributed by atoms with E-state index >= 15 is 0 Å². The van der Waals surface area contributed by atoms with Gasteiger partial charge in [0.1, 0.15) is 11.3 Å². The van der Waals surface area contributed by atoms with Gasteiger partial charge in [-0.25, -0.2) is 9.97 Å². The van der Waals surface area contributed by atoms with Gasteiger partial charge in [0, 0.05) is 58.6 Å². The van der Waals surface area contributed by atoms with Gasteiger partial charge in [-0.1, -0.05) is 18.2 Å². The molecule has 4 aromatic heterocycles. The zero-order valence-electron chi connectivity index (χ0n) is 23.2. The molecule has 1 aliphatic rings. The number of carbonyl (C=O) groups is 1. The lowest BCUT2D eigenvalue weighted by Crippen LogP contribution is -2.45. The van der Waals surface area contributed by atoms with Gasteiger partial charge < -0.3 is 24.9 Å². The van der Waals surface area contributed by atoms with Gasteiger partial charge in [-0.05, 0) is 74.5 Å². The van der Waals surface area contributed by atoms with Crippen LogP contribution in [0.5, 0.6) is 17.4 Å². The molecule has 6 rings (SSSR count). The molecule has 0 unspecified atom stereocenters. The highest BCUT2D eigenvalue weighted by atomic mass is 32.1. The number of rotatable bonds is 12. The van der Waals surface area contributed by atoms with Crippen LogP contribution >= 0.6 is 11.3 Å². The van der Waals surface area contributed by atoms with Crippen molar-refractivity contribution in [2.45, 2.75) is 38.6 Å². The molecule has 0 atom stereocenters. The van der Waals surface area contributed by atoms with Crippen LogP contribution < -0.4 is 20.5 Å². The van der Waals surface area contributed by atoms with E-state index in [-0.39, 0.29) is 22.4 Å². The van der Waals surface area contributed by atoms with Crippen LogP contribution in [0.2, 0.25) is 0 Å². The molecule has 3 N–H and O–H groups in total. The Morgan fingerprint density at radius 2 is 1.90 bits per heavy atom. The maximum Gasteiger partial charge on any atom is 0.254 e. The molecule has 1 fully saturated rings. The van der Waals surface area contributed by atoms with Crippen molar-refractivity contribution >= 4 is 22.9 Å². The molecule has 210 valence electrons. The number of hydrogen-bond donors (Lipinski definition) is 2. The SMILES string of the molecule is CC(C)(Cc1cnc2c(Oc3ncccc3C(N)=O)cccn12)NCC1(COc2ccccc2-c2cccs2)CC1. The number of primary amides is 1. The molecule has 0 bridgehead atoms. The molecule has 4 heterocycles. The molecular formula is C32H33N5O3S. The Balaban J connectivity index is 1.11. The average Bonchev–Trinajstić information content (AvgIpc) is 3.32. The lowest BCUT2D eigenvalue weighted by atomic mass is 9.96. The smallest absolute Gasteiger partial charge is 0.254 e. The maximum atomic E-state index is 11.8. The summed E-state index contributed by atoms with van der Waals surface area (Å²) in [4.78, 5) is 21.9. The van der Waals surface area contributed by atoms with Crippen LogP contribution in [0.25, 0.3) is 16.1 Å². The molecule has 1 aliphatic carbocycles. The quantitative estimate of drug-likeness (QED) is 0.188. The third-order valence-electron chi connectivity index (χ3n) is 7.55. The third-order valence-corrected chi connectivity index (χ3v) is 8.45. The molecule has 1 amide bonds. The Hall–Kier alpha value is -4.21. The number of amides is 1. The van der Waals surface area contributed by atoms with Crippen LogP contribution in [0.15, 0.2) is 84.6 Å². The standard InChI is InChI=1S/C32H33N5O3S/c1-31(2,36-20-32(13-14-32)21-39-25-10-4-3-8-23(25)27-12-7-17-41-27)18-22-19-35-29-26(11-6-16-37(22)29)40-30-24(28(33)38)9-5-15-34-30/h3-12,15-17,19,36H,13-14,18,20-21H2,1-2H3,(H2,33,38). The number of thiophene rings is 1. The van der Waals surface area contributed by atoms with Gasteiger partial charge in [0.05, 0.1) is 6.61 Å². The van der Waals surface area contributed by atoms with Crippen molar-refractivity contribution in [2.24, 2.45) is 11.1 Å². The predicted octanol–water partition coefficient (Wildman–Crippen LogP) is 6.12. The van der Waals surface area contributed by atoms with Gasteiger partial charge >= 0.3 is 0 Å². The Labute approximate surface area is 243 Å². The van der Waals surface area contributed by atoms with E-state index in [1.54, 1.807) is 29.7 Å². The van der Waals surface area contributed by atoms with Gasteiger partial charge in [-0.15, -0.1) is 11.3 Å². The van der Waals surface area contributed by atoms with E-state index in [0.29, 0.717) is 18.0 Å². The van der Waals surface area contributed by atoms with E-state index in [4.69, 9.17) is 15.2 Å². The minimum Gasteiger partial charge on any atom is -0.492 e. The predicted molar refractivity (Wildman–Crippen MR) is 161 cm³/mol. The molecule has 41 heavy (non-hydrogen) atoms.